The predicted molar refractivity (Wildman–Crippen MR) is 134 cm³/mol. The largest absolute Gasteiger partial charge is 0.307 e. The van der Waals surface area contributed by atoms with Crippen LogP contribution in [0.3, 0.4) is 0 Å². The first kappa shape index (κ1) is 31.5. The van der Waals surface area contributed by atoms with Crippen molar-refractivity contribution in [1.29, 1.82) is 0 Å². The Balaban J connectivity index is -0.000000351. The van der Waals surface area contributed by atoms with Crippen molar-refractivity contribution in [2.45, 2.75) is 87.5 Å². The van der Waals surface area contributed by atoms with E-state index < -0.39 is 0 Å². The van der Waals surface area contributed by atoms with E-state index in [4.69, 9.17) is 4.79 Å². The molecular weight excluding hydrogens is 352 g/mol. The summed E-state index contributed by atoms with van der Waals surface area (Å²) in [4.78, 5) is 8.00. The molecule has 0 heterocycles. The zero-order valence-corrected chi connectivity index (χ0v) is 20.5. The van der Waals surface area contributed by atoms with Crippen LogP contribution in [0.25, 0.3) is 0 Å². The Morgan fingerprint density at radius 3 is 1.41 bits per heavy atom. The van der Waals surface area contributed by atoms with Crippen molar-refractivity contribution in [1.82, 2.24) is 0 Å². The van der Waals surface area contributed by atoms with Gasteiger partial charge in [0.15, 0.2) is 0 Å². The summed E-state index contributed by atoms with van der Waals surface area (Å²) in [6, 6.07) is 13.3. The van der Waals surface area contributed by atoms with Gasteiger partial charge in [-0.3, -0.25) is 0 Å². The van der Waals surface area contributed by atoms with Gasteiger partial charge in [0.25, 0.3) is 0 Å². The van der Waals surface area contributed by atoms with Crippen LogP contribution in [0.1, 0.15) is 79.8 Å². The molecule has 0 radical (unpaired) electrons. The molecule has 1 nitrogen and oxygen atoms in total. The van der Waals surface area contributed by atoms with Gasteiger partial charge in [-0.1, -0.05) is 82.0 Å². The number of hydrogen-bond donors (Lipinski definition) is 0. The molecule has 0 aliphatic rings. The van der Waals surface area contributed by atoms with Crippen molar-refractivity contribution in [3.05, 3.63) is 82.9 Å². The Morgan fingerprint density at radius 1 is 0.621 bits per heavy atom. The fourth-order valence-corrected chi connectivity index (χ4v) is 2.23. The second-order valence-electron chi connectivity index (χ2n) is 7.11. The first-order valence-electron chi connectivity index (χ1n) is 10.7. The van der Waals surface area contributed by atoms with Gasteiger partial charge in [0.1, 0.15) is 6.79 Å². The Morgan fingerprint density at radius 2 is 1.07 bits per heavy atom. The van der Waals surface area contributed by atoms with Crippen LogP contribution in [0.15, 0.2) is 49.6 Å². The second-order valence-corrected chi connectivity index (χ2v) is 7.11. The number of carbonyl (C=O) groups excluding carboxylic acids is 1. The number of rotatable bonds is 4. The fraction of sp³-hybridized carbons (Fsp3) is 0.464. The van der Waals surface area contributed by atoms with Gasteiger partial charge >= 0.3 is 0 Å². The van der Waals surface area contributed by atoms with E-state index in [1.54, 1.807) is 0 Å². The van der Waals surface area contributed by atoms with Crippen LogP contribution in [0, 0.1) is 34.6 Å². The minimum absolute atomic E-state index is 1.23. The molecule has 2 rings (SSSR count). The van der Waals surface area contributed by atoms with Gasteiger partial charge in [0.05, 0.1) is 0 Å². The Bertz CT molecular complexity index is 624. The maximum absolute atomic E-state index is 8.00. The van der Waals surface area contributed by atoms with Gasteiger partial charge in [-0.15, -0.1) is 13.2 Å². The molecule has 0 saturated carbocycles. The van der Waals surface area contributed by atoms with Gasteiger partial charge in [-0.2, -0.15) is 0 Å². The summed E-state index contributed by atoms with van der Waals surface area (Å²) in [5.74, 6) is 0. The van der Waals surface area contributed by atoms with Gasteiger partial charge in [-0.05, 0) is 75.3 Å². The average molecular weight is 399 g/mol. The van der Waals surface area contributed by atoms with E-state index in [0.717, 1.165) is 0 Å². The van der Waals surface area contributed by atoms with E-state index >= 15 is 0 Å². The van der Waals surface area contributed by atoms with E-state index in [1.165, 1.54) is 65.5 Å². The van der Waals surface area contributed by atoms with Crippen molar-refractivity contribution in [3.8, 4) is 0 Å². The summed E-state index contributed by atoms with van der Waals surface area (Å²) in [6.07, 6.45) is 6.47. The van der Waals surface area contributed by atoms with Crippen LogP contribution in [0.2, 0.25) is 0 Å². The summed E-state index contributed by atoms with van der Waals surface area (Å²) < 4.78 is 0. The number of carbonyl (C=O) groups is 1. The lowest BCUT2D eigenvalue weighted by molar-refractivity contribution is -0.0979. The number of unbranched alkanes of at least 4 members (excludes halogenated alkanes) is 2. The Labute approximate surface area is 182 Å². The van der Waals surface area contributed by atoms with Crippen LogP contribution in [0.5, 0.6) is 0 Å². The highest BCUT2D eigenvalue weighted by molar-refractivity contribution is 5.30. The first-order chi connectivity index (χ1) is 13.8. The molecule has 0 unspecified atom stereocenters. The van der Waals surface area contributed by atoms with Crippen molar-refractivity contribution in [2.24, 2.45) is 0 Å². The lowest BCUT2D eigenvalue weighted by Crippen LogP contribution is -1.87. The third-order valence-corrected chi connectivity index (χ3v) is 4.55. The highest BCUT2D eigenvalue weighted by Gasteiger charge is 1.95. The molecule has 0 aromatic heterocycles. The van der Waals surface area contributed by atoms with Crippen molar-refractivity contribution < 1.29 is 4.79 Å². The van der Waals surface area contributed by atoms with E-state index in [9.17, 15) is 0 Å². The van der Waals surface area contributed by atoms with Crippen LogP contribution in [-0.2, 0) is 11.2 Å². The molecule has 29 heavy (non-hydrogen) atoms. The molecule has 0 aliphatic heterocycles. The molecule has 0 aliphatic carbocycles. The zero-order valence-electron chi connectivity index (χ0n) is 20.5. The summed E-state index contributed by atoms with van der Waals surface area (Å²) in [7, 11) is 0. The fourth-order valence-electron chi connectivity index (χ4n) is 2.23. The Hall–Kier alpha value is -2.15. The third-order valence-electron chi connectivity index (χ3n) is 4.55. The molecule has 1 heteroatoms. The molecule has 0 amide bonds. The third kappa shape index (κ3) is 17.7. The summed E-state index contributed by atoms with van der Waals surface area (Å²) >= 11 is 0. The lowest BCUT2D eigenvalue weighted by Gasteiger charge is -2.03. The molecule has 2 aromatic rings. The number of aryl methyl sites for hydroxylation is 6. The summed E-state index contributed by atoms with van der Waals surface area (Å²) in [5, 5.41) is 0. The van der Waals surface area contributed by atoms with Crippen LogP contribution in [-0.4, -0.2) is 6.79 Å². The van der Waals surface area contributed by atoms with Gasteiger partial charge in [0.2, 0.25) is 0 Å². The summed E-state index contributed by atoms with van der Waals surface area (Å²) in [6.45, 7) is 25.3. The lowest BCUT2D eigenvalue weighted by atomic mass is 10.0. The molecule has 2 aromatic carbocycles. The SMILES string of the molecule is C=C.C=O.CCCC.CCCCc1ccc(C)c(C)c1.Cc1ccc(C)c(C)c1. The maximum atomic E-state index is 8.00. The van der Waals surface area contributed by atoms with Crippen molar-refractivity contribution in [2.75, 3.05) is 0 Å². The predicted octanol–water partition coefficient (Wildman–Crippen LogP) is 8.68. The van der Waals surface area contributed by atoms with Crippen LogP contribution >= 0.6 is 0 Å². The van der Waals surface area contributed by atoms with Crippen LogP contribution in [0.4, 0.5) is 0 Å². The highest BCUT2D eigenvalue weighted by Crippen LogP contribution is 2.11. The monoisotopic (exact) mass is 398 g/mol. The molecule has 0 fully saturated rings. The molecule has 0 N–H and O–H groups in total. The molecule has 0 saturated heterocycles. The molecule has 0 atom stereocenters. The standard InChI is InChI=1S/C12H18.C9H12.C4H10.C2H4.CH2O/c1-4-5-6-12-8-7-10(2)11(3)9-12;1-7-4-5-8(2)9(3)6-7;1-3-4-2;2*1-2/h7-9H,4-6H2,1-3H3;4-6H,1-3H3;3-4H2,1-2H3;1-2H2;1H2. The Kier molecular flexibility index (Phi) is 24.1. The average Bonchev–Trinajstić information content (AvgIpc) is 2.75. The van der Waals surface area contributed by atoms with Crippen molar-refractivity contribution >= 4 is 6.79 Å². The minimum atomic E-state index is 1.23. The first-order valence-corrected chi connectivity index (χ1v) is 10.7. The molecule has 0 spiro atoms. The maximum Gasteiger partial charge on any atom is 0.106 e. The highest BCUT2D eigenvalue weighted by atomic mass is 16.1. The minimum Gasteiger partial charge on any atom is -0.307 e. The van der Waals surface area contributed by atoms with Gasteiger partial charge < -0.3 is 4.79 Å². The topological polar surface area (TPSA) is 17.1 Å². The number of benzene rings is 2. The van der Waals surface area contributed by atoms with Crippen LogP contribution < -0.4 is 0 Å². The molecular formula is C28H46O. The van der Waals surface area contributed by atoms with Gasteiger partial charge in [-0.25, -0.2) is 0 Å². The summed E-state index contributed by atoms with van der Waals surface area (Å²) in [5.41, 5.74) is 8.41. The van der Waals surface area contributed by atoms with E-state index in [0.29, 0.717) is 0 Å². The van der Waals surface area contributed by atoms with Crippen molar-refractivity contribution in [3.63, 3.8) is 0 Å². The smallest absolute Gasteiger partial charge is 0.106 e. The zero-order chi connectivity index (χ0) is 23.2. The quantitative estimate of drug-likeness (QED) is 0.471. The normalized spacial score (nSPS) is 8.55. The number of hydrogen-bond acceptors (Lipinski definition) is 1. The molecule has 164 valence electrons. The van der Waals surface area contributed by atoms with E-state index in [2.05, 4.69) is 105 Å². The van der Waals surface area contributed by atoms with Gasteiger partial charge in [0, 0.05) is 0 Å². The van der Waals surface area contributed by atoms with E-state index in [-0.39, 0.29) is 0 Å². The molecule has 0 bridgehead atoms. The second kappa shape index (κ2) is 22.1. The van der Waals surface area contributed by atoms with E-state index in [1.807, 2.05) is 6.79 Å².